The van der Waals surface area contributed by atoms with Crippen LogP contribution in [0.4, 0.5) is 0 Å². The van der Waals surface area contributed by atoms with E-state index >= 15 is 0 Å². The maximum Gasteiger partial charge on any atom is 0.324 e. The summed E-state index contributed by atoms with van der Waals surface area (Å²) < 4.78 is 29.3. The molecule has 0 saturated heterocycles. The summed E-state index contributed by atoms with van der Waals surface area (Å²) in [5.74, 6) is -0.729. The number of carbonyl (C=O) groups excluding carboxylic acids is 1. The van der Waals surface area contributed by atoms with Crippen molar-refractivity contribution in [1.82, 2.24) is 0 Å². The summed E-state index contributed by atoms with van der Waals surface area (Å²) in [6, 6.07) is 0. The lowest BCUT2D eigenvalue weighted by Crippen LogP contribution is -2.36. The van der Waals surface area contributed by atoms with Crippen LogP contribution in [-0.2, 0) is 24.2 Å². The standard InChI is InChI=1S/C11H19NO5S/c1-5-8(10(13)16-6-2)18(14,15)9-7-11(3,4)17-12-9/h8H,5-7H2,1-4H3. The molecule has 0 aromatic rings. The Kier molecular flexibility index (Phi) is 4.37. The van der Waals surface area contributed by atoms with Crippen LogP contribution < -0.4 is 0 Å². The predicted molar refractivity (Wildman–Crippen MR) is 66.8 cm³/mol. The number of oxime groups is 1. The molecular formula is C11H19NO5S. The Morgan fingerprint density at radius 3 is 2.50 bits per heavy atom. The Morgan fingerprint density at radius 2 is 2.11 bits per heavy atom. The quantitative estimate of drug-likeness (QED) is 0.722. The number of sulfone groups is 1. The van der Waals surface area contributed by atoms with E-state index in [0.29, 0.717) is 0 Å². The van der Waals surface area contributed by atoms with Gasteiger partial charge < -0.3 is 9.57 Å². The highest BCUT2D eigenvalue weighted by molar-refractivity contribution is 8.07. The second-order valence-corrected chi connectivity index (χ2v) is 6.84. The molecule has 1 aliphatic heterocycles. The van der Waals surface area contributed by atoms with Crippen molar-refractivity contribution in [2.75, 3.05) is 6.61 Å². The number of hydrogen-bond donors (Lipinski definition) is 0. The lowest BCUT2D eigenvalue weighted by Gasteiger charge is -2.15. The predicted octanol–water partition coefficient (Wildman–Crippen LogP) is 1.26. The number of carbonyl (C=O) groups is 1. The molecule has 0 amide bonds. The van der Waals surface area contributed by atoms with Crippen LogP contribution in [0.3, 0.4) is 0 Å². The van der Waals surface area contributed by atoms with Gasteiger partial charge in [-0.1, -0.05) is 12.1 Å². The van der Waals surface area contributed by atoms with Crippen molar-refractivity contribution >= 4 is 20.9 Å². The average Bonchev–Trinajstić information content (AvgIpc) is 2.60. The molecule has 0 fully saturated rings. The molecule has 0 radical (unpaired) electrons. The molecule has 0 aliphatic carbocycles. The topological polar surface area (TPSA) is 82.0 Å². The Balaban J connectivity index is 2.95. The van der Waals surface area contributed by atoms with Crippen LogP contribution in [-0.4, -0.2) is 36.9 Å². The second-order valence-electron chi connectivity index (χ2n) is 4.71. The van der Waals surface area contributed by atoms with Crippen molar-refractivity contribution in [2.24, 2.45) is 5.16 Å². The van der Waals surface area contributed by atoms with E-state index in [-0.39, 0.29) is 24.5 Å². The van der Waals surface area contributed by atoms with E-state index in [1.54, 1.807) is 27.7 Å². The van der Waals surface area contributed by atoms with Crippen molar-refractivity contribution in [2.45, 2.75) is 51.4 Å². The van der Waals surface area contributed by atoms with Gasteiger partial charge in [0.25, 0.3) is 0 Å². The van der Waals surface area contributed by atoms with Gasteiger partial charge in [-0.2, -0.15) is 0 Å². The van der Waals surface area contributed by atoms with Crippen molar-refractivity contribution in [1.29, 1.82) is 0 Å². The van der Waals surface area contributed by atoms with Crippen LogP contribution in [0.5, 0.6) is 0 Å². The number of ether oxygens (including phenoxy) is 1. The zero-order valence-corrected chi connectivity index (χ0v) is 11.9. The SMILES string of the molecule is CCOC(=O)C(CC)S(=O)(=O)C1=NOC(C)(C)C1. The molecule has 0 spiro atoms. The van der Waals surface area contributed by atoms with Gasteiger partial charge in [0.1, 0.15) is 5.60 Å². The minimum atomic E-state index is -3.79. The van der Waals surface area contributed by atoms with E-state index in [1.807, 2.05) is 0 Å². The second kappa shape index (κ2) is 5.26. The van der Waals surface area contributed by atoms with Crippen LogP contribution >= 0.6 is 0 Å². The summed E-state index contributed by atoms with van der Waals surface area (Å²) in [5.41, 5.74) is -0.643. The maximum atomic E-state index is 12.3. The summed E-state index contributed by atoms with van der Waals surface area (Å²) >= 11 is 0. The Bertz CT molecular complexity index is 452. The Hall–Kier alpha value is -1.11. The third-order valence-corrected chi connectivity index (χ3v) is 4.75. The molecule has 1 heterocycles. The van der Waals surface area contributed by atoms with Crippen LogP contribution in [0.25, 0.3) is 0 Å². The fourth-order valence-corrected chi connectivity index (χ4v) is 3.45. The molecule has 0 aromatic carbocycles. The molecule has 1 unspecified atom stereocenters. The first-order valence-electron chi connectivity index (χ1n) is 5.90. The third-order valence-electron chi connectivity index (χ3n) is 2.59. The van der Waals surface area contributed by atoms with Gasteiger partial charge in [-0.05, 0) is 27.2 Å². The van der Waals surface area contributed by atoms with Gasteiger partial charge in [0.2, 0.25) is 9.84 Å². The zero-order chi connectivity index (χ0) is 14.0. The van der Waals surface area contributed by atoms with Gasteiger partial charge in [0, 0.05) is 6.42 Å². The van der Waals surface area contributed by atoms with Gasteiger partial charge in [-0.3, -0.25) is 4.79 Å². The summed E-state index contributed by atoms with van der Waals surface area (Å²) in [6.45, 7) is 6.89. The monoisotopic (exact) mass is 277 g/mol. The molecule has 7 heteroatoms. The fourth-order valence-electron chi connectivity index (χ4n) is 1.67. The lowest BCUT2D eigenvalue weighted by atomic mass is 10.1. The van der Waals surface area contributed by atoms with Gasteiger partial charge in [-0.25, -0.2) is 8.42 Å². The van der Waals surface area contributed by atoms with Gasteiger partial charge in [0.05, 0.1) is 6.61 Å². The highest BCUT2D eigenvalue weighted by Gasteiger charge is 2.42. The van der Waals surface area contributed by atoms with Crippen molar-refractivity contribution in [3.8, 4) is 0 Å². The molecule has 0 N–H and O–H groups in total. The van der Waals surface area contributed by atoms with Gasteiger partial charge in [-0.15, -0.1) is 0 Å². The molecule has 6 nitrogen and oxygen atoms in total. The molecule has 1 rings (SSSR count). The van der Waals surface area contributed by atoms with E-state index < -0.39 is 26.7 Å². The average molecular weight is 277 g/mol. The molecule has 0 aromatic heterocycles. The first-order chi connectivity index (χ1) is 8.24. The first-order valence-corrected chi connectivity index (χ1v) is 7.44. The van der Waals surface area contributed by atoms with Crippen LogP contribution in [0, 0.1) is 0 Å². The van der Waals surface area contributed by atoms with E-state index in [0.717, 1.165) is 0 Å². The molecule has 0 bridgehead atoms. The van der Waals surface area contributed by atoms with E-state index in [9.17, 15) is 13.2 Å². The molecular weight excluding hydrogens is 258 g/mol. The highest BCUT2D eigenvalue weighted by atomic mass is 32.2. The van der Waals surface area contributed by atoms with E-state index in [4.69, 9.17) is 9.57 Å². The molecule has 104 valence electrons. The molecule has 1 atom stereocenters. The Morgan fingerprint density at radius 1 is 1.50 bits per heavy atom. The minimum absolute atomic E-state index is 0.0765. The van der Waals surface area contributed by atoms with Crippen LogP contribution in [0.2, 0.25) is 0 Å². The number of rotatable bonds is 4. The maximum absolute atomic E-state index is 12.3. The van der Waals surface area contributed by atoms with Crippen LogP contribution in [0.1, 0.15) is 40.5 Å². The number of nitrogens with zero attached hydrogens (tertiary/aromatic N) is 1. The smallest absolute Gasteiger partial charge is 0.324 e. The van der Waals surface area contributed by atoms with Crippen molar-refractivity contribution in [3.05, 3.63) is 0 Å². The summed E-state index contributed by atoms with van der Waals surface area (Å²) in [5, 5.41) is 2.32. The fraction of sp³-hybridized carbons (Fsp3) is 0.818. The summed E-state index contributed by atoms with van der Waals surface area (Å²) in [7, 11) is -3.79. The minimum Gasteiger partial charge on any atom is -0.465 e. The third kappa shape index (κ3) is 3.01. The number of esters is 1. The van der Waals surface area contributed by atoms with Crippen molar-refractivity contribution < 1.29 is 22.8 Å². The Labute approximate surface area is 107 Å². The van der Waals surface area contributed by atoms with Crippen LogP contribution in [0.15, 0.2) is 5.16 Å². The summed E-state index contributed by atoms with van der Waals surface area (Å²) in [6.07, 6.45) is 0.325. The highest BCUT2D eigenvalue weighted by Crippen LogP contribution is 2.27. The lowest BCUT2D eigenvalue weighted by molar-refractivity contribution is -0.142. The molecule has 18 heavy (non-hydrogen) atoms. The van der Waals surface area contributed by atoms with Gasteiger partial charge in [0.15, 0.2) is 10.3 Å². The molecule has 0 saturated carbocycles. The van der Waals surface area contributed by atoms with E-state index in [2.05, 4.69) is 5.16 Å². The first kappa shape index (κ1) is 14.9. The van der Waals surface area contributed by atoms with E-state index in [1.165, 1.54) is 0 Å². The largest absolute Gasteiger partial charge is 0.465 e. The summed E-state index contributed by atoms with van der Waals surface area (Å²) in [4.78, 5) is 16.7. The molecule has 1 aliphatic rings. The normalized spacial score (nSPS) is 19.9. The zero-order valence-electron chi connectivity index (χ0n) is 11.1. The van der Waals surface area contributed by atoms with Gasteiger partial charge >= 0.3 is 5.97 Å². The van der Waals surface area contributed by atoms with Crippen molar-refractivity contribution in [3.63, 3.8) is 0 Å². The number of hydrogen-bond acceptors (Lipinski definition) is 6.